The van der Waals surface area contributed by atoms with Crippen LogP contribution in [0.3, 0.4) is 0 Å². The molecule has 2 N–H and O–H groups in total. The minimum absolute atomic E-state index is 0.270. The molecule has 0 aliphatic heterocycles. The van der Waals surface area contributed by atoms with Gasteiger partial charge in [-0.05, 0) is 39.2 Å². The first-order chi connectivity index (χ1) is 9.76. The van der Waals surface area contributed by atoms with Gasteiger partial charge in [0.2, 0.25) is 5.91 Å². The van der Waals surface area contributed by atoms with Crippen LogP contribution in [0.15, 0.2) is 0 Å². The molecule has 0 atom stereocenters. The second-order valence-electron chi connectivity index (χ2n) is 6.28. The van der Waals surface area contributed by atoms with E-state index < -0.39 is 0 Å². The first-order valence-corrected chi connectivity index (χ1v) is 8.73. The van der Waals surface area contributed by atoms with Crippen LogP contribution in [0, 0.1) is 0 Å². The Morgan fingerprint density at radius 3 is 2.05 bits per heavy atom. The van der Waals surface area contributed by atoms with E-state index in [-0.39, 0.29) is 5.91 Å². The molecule has 0 aromatic heterocycles. The number of hydrogen-bond acceptors (Lipinski definition) is 2. The summed E-state index contributed by atoms with van der Waals surface area (Å²) in [7, 11) is 2.03. The quantitative estimate of drug-likeness (QED) is 0.599. The zero-order valence-corrected chi connectivity index (χ0v) is 13.5. The number of nitrogens with one attached hydrogen (secondary N) is 2. The van der Waals surface area contributed by atoms with Crippen LogP contribution in [0.1, 0.15) is 84.0 Å². The van der Waals surface area contributed by atoms with Crippen LogP contribution < -0.4 is 10.6 Å². The van der Waals surface area contributed by atoms with Crippen LogP contribution in [0.2, 0.25) is 0 Å². The molecule has 1 aliphatic rings. The Hall–Kier alpha value is -0.570. The molecule has 1 saturated carbocycles. The summed E-state index contributed by atoms with van der Waals surface area (Å²) >= 11 is 0. The summed E-state index contributed by atoms with van der Waals surface area (Å²) in [5.41, 5.74) is 0. The second kappa shape index (κ2) is 11.1. The third kappa shape index (κ3) is 7.88. The topological polar surface area (TPSA) is 41.1 Å². The van der Waals surface area contributed by atoms with Crippen molar-refractivity contribution < 1.29 is 4.79 Å². The van der Waals surface area contributed by atoms with E-state index in [0.29, 0.717) is 12.1 Å². The molecule has 0 spiro atoms. The van der Waals surface area contributed by atoms with Crippen molar-refractivity contribution in [2.24, 2.45) is 0 Å². The predicted octanol–water partition coefficient (Wildman–Crippen LogP) is 3.77. The van der Waals surface area contributed by atoms with E-state index in [1.54, 1.807) is 0 Å². The molecular weight excluding hydrogens is 248 g/mol. The van der Waals surface area contributed by atoms with E-state index in [4.69, 9.17) is 0 Å². The highest BCUT2D eigenvalue weighted by Crippen LogP contribution is 2.18. The molecule has 1 rings (SSSR count). The molecule has 0 aromatic rings. The number of rotatable bonds is 10. The van der Waals surface area contributed by atoms with Gasteiger partial charge in [-0.3, -0.25) is 4.79 Å². The van der Waals surface area contributed by atoms with Gasteiger partial charge in [0.05, 0.1) is 0 Å². The summed E-state index contributed by atoms with van der Waals surface area (Å²) in [5.74, 6) is 0.270. The first-order valence-electron chi connectivity index (χ1n) is 8.73. The number of hydrogen-bond donors (Lipinski definition) is 2. The lowest BCUT2D eigenvalue weighted by Gasteiger charge is -2.28. The zero-order chi connectivity index (χ0) is 14.6. The Balaban J connectivity index is 1.95. The van der Waals surface area contributed by atoms with Gasteiger partial charge in [-0.15, -0.1) is 0 Å². The van der Waals surface area contributed by atoms with Crippen LogP contribution in [0.5, 0.6) is 0 Å². The van der Waals surface area contributed by atoms with Crippen molar-refractivity contribution in [2.75, 3.05) is 7.05 Å². The van der Waals surface area contributed by atoms with E-state index in [2.05, 4.69) is 17.6 Å². The van der Waals surface area contributed by atoms with E-state index in [9.17, 15) is 4.79 Å². The summed E-state index contributed by atoms with van der Waals surface area (Å²) in [5, 5.41) is 6.54. The van der Waals surface area contributed by atoms with Gasteiger partial charge in [-0.2, -0.15) is 0 Å². The van der Waals surface area contributed by atoms with Crippen molar-refractivity contribution in [2.45, 2.75) is 96.1 Å². The molecule has 1 amide bonds. The normalized spacial score (nSPS) is 22.7. The van der Waals surface area contributed by atoms with Crippen LogP contribution in [0.4, 0.5) is 0 Å². The molecule has 0 heterocycles. The maximum atomic E-state index is 11.9. The minimum atomic E-state index is 0.270. The lowest BCUT2D eigenvalue weighted by Crippen LogP contribution is -2.41. The molecule has 1 fully saturated rings. The molecule has 20 heavy (non-hydrogen) atoms. The maximum Gasteiger partial charge on any atom is 0.220 e. The molecule has 0 bridgehead atoms. The lowest BCUT2D eigenvalue weighted by molar-refractivity contribution is -0.122. The Kier molecular flexibility index (Phi) is 9.73. The second-order valence-corrected chi connectivity index (χ2v) is 6.28. The van der Waals surface area contributed by atoms with E-state index >= 15 is 0 Å². The van der Waals surface area contributed by atoms with Gasteiger partial charge in [0, 0.05) is 18.5 Å². The van der Waals surface area contributed by atoms with Crippen LogP contribution in [-0.2, 0) is 4.79 Å². The van der Waals surface area contributed by atoms with Crippen molar-refractivity contribution in [3.63, 3.8) is 0 Å². The predicted molar refractivity (Wildman–Crippen MR) is 85.9 cm³/mol. The van der Waals surface area contributed by atoms with Gasteiger partial charge in [0.15, 0.2) is 0 Å². The van der Waals surface area contributed by atoms with Crippen molar-refractivity contribution in [1.29, 1.82) is 0 Å². The average Bonchev–Trinajstić information content (AvgIpc) is 2.47. The zero-order valence-electron chi connectivity index (χ0n) is 13.5. The van der Waals surface area contributed by atoms with Gasteiger partial charge >= 0.3 is 0 Å². The van der Waals surface area contributed by atoms with E-state index in [1.165, 1.54) is 51.4 Å². The smallest absolute Gasteiger partial charge is 0.220 e. The molecule has 0 unspecified atom stereocenters. The van der Waals surface area contributed by atoms with E-state index in [1.807, 2.05) is 7.05 Å². The molecule has 3 nitrogen and oxygen atoms in total. The van der Waals surface area contributed by atoms with Crippen molar-refractivity contribution >= 4 is 5.91 Å². The summed E-state index contributed by atoms with van der Waals surface area (Å²) in [6.07, 6.45) is 14.3. The van der Waals surface area contributed by atoms with Gasteiger partial charge in [0.25, 0.3) is 0 Å². The Morgan fingerprint density at radius 2 is 1.45 bits per heavy atom. The van der Waals surface area contributed by atoms with Gasteiger partial charge in [0.1, 0.15) is 0 Å². The third-order valence-corrected chi connectivity index (χ3v) is 4.51. The molecule has 0 radical (unpaired) electrons. The van der Waals surface area contributed by atoms with Gasteiger partial charge in [-0.25, -0.2) is 0 Å². The average molecular weight is 282 g/mol. The van der Waals surface area contributed by atoms with Crippen molar-refractivity contribution in [3.05, 3.63) is 0 Å². The summed E-state index contributed by atoms with van der Waals surface area (Å²) in [6, 6.07) is 1.09. The lowest BCUT2D eigenvalue weighted by atomic mass is 9.91. The highest BCUT2D eigenvalue weighted by Gasteiger charge is 2.20. The fourth-order valence-electron chi connectivity index (χ4n) is 3.07. The SMILES string of the molecule is CCCCCCCCCC(=O)NC1CCC(NC)CC1. The number of unbranched alkanes of at least 4 members (excludes halogenated alkanes) is 6. The number of amides is 1. The first kappa shape index (κ1) is 17.5. The highest BCUT2D eigenvalue weighted by atomic mass is 16.1. The van der Waals surface area contributed by atoms with E-state index in [0.717, 1.165) is 25.7 Å². The summed E-state index contributed by atoms with van der Waals surface area (Å²) in [6.45, 7) is 2.24. The third-order valence-electron chi connectivity index (χ3n) is 4.51. The monoisotopic (exact) mass is 282 g/mol. The molecule has 3 heteroatoms. The van der Waals surface area contributed by atoms with Crippen LogP contribution >= 0.6 is 0 Å². The largest absolute Gasteiger partial charge is 0.353 e. The molecule has 0 saturated heterocycles. The Bertz CT molecular complexity index is 247. The molecule has 118 valence electrons. The fraction of sp³-hybridized carbons (Fsp3) is 0.941. The molecular formula is C17H34N2O. The molecule has 0 aromatic carbocycles. The van der Waals surface area contributed by atoms with Gasteiger partial charge in [-0.1, -0.05) is 45.4 Å². The minimum Gasteiger partial charge on any atom is -0.353 e. The summed E-state index contributed by atoms with van der Waals surface area (Å²) in [4.78, 5) is 11.9. The maximum absolute atomic E-state index is 11.9. The standard InChI is InChI=1S/C17H34N2O/c1-3-4-5-6-7-8-9-10-17(20)19-16-13-11-15(18-2)12-14-16/h15-16,18H,3-14H2,1-2H3,(H,19,20). The summed E-state index contributed by atoms with van der Waals surface area (Å²) < 4.78 is 0. The van der Waals surface area contributed by atoms with Crippen molar-refractivity contribution in [3.8, 4) is 0 Å². The van der Waals surface area contributed by atoms with Crippen LogP contribution in [-0.4, -0.2) is 25.0 Å². The highest BCUT2D eigenvalue weighted by molar-refractivity contribution is 5.76. The number of carbonyl (C=O) groups excluding carboxylic acids is 1. The molecule has 1 aliphatic carbocycles. The van der Waals surface area contributed by atoms with Gasteiger partial charge < -0.3 is 10.6 Å². The van der Waals surface area contributed by atoms with Crippen LogP contribution in [0.25, 0.3) is 0 Å². The Morgan fingerprint density at radius 1 is 0.900 bits per heavy atom. The number of carbonyl (C=O) groups is 1. The van der Waals surface area contributed by atoms with Crippen molar-refractivity contribution in [1.82, 2.24) is 10.6 Å². The fourth-order valence-corrected chi connectivity index (χ4v) is 3.07. The Labute approximate surface area is 125 Å².